The Bertz CT molecular complexity index is 247. The fourth-order valence-corrected chi connectivity index (χ4v) is 2.06. The number of hydrogen-bond acceptors (Lipinski definition) is 3. The van der Waals surface area contributed by atoms with Crippen molar-refractivity contribution in [3.8, 4) is 6.07 Å². The Hall–Kier alpha value is -1.08. The van der Waals surface area contributed by atoms with Crippen LogP contribution in [0.1, 0.15) is 38.5 Å². The molecule has 1 rings (SSSR count). The van der Waals surface area contributed by atoms with Gasteiger partial charge in [-0.1, -0.05) is 6.42 Å². The van der Waals surface area contributed by atoms with Crippen LogP contribution in [0.15, 0.2) is 0 Å². The van der Waals surface area contributed by atoms with Crippen molar-refractivity contribution in [1.29, 1.82) is 5.26 Å². The van der Waals surface area contributed by atoms with Gasteiger partial charge in [-0.25, -0.2) is 0 Å². The van der Waals surface area contributed by atoms with Gasteiger partial charge in [-0.3, -0.25) is 9.69 Å². The van der Waals surface area contributed by atoms with E-state index in [2.05, 4.69) is 6.07 Å². The van der Waals surface area contributed by atoms with Crippen LogP contribution >= 0.6 is 0 Å². The lowest BCUT2D eigenvalue weighted by atomic mass is 10.0. The van der Waals surface area contributed by atoms with Gasteiger partial charge in [0, 0.05) is 6.42 Å². The summed E-state index contributed by atoms with van der Waals surface area (Å²) in [5.74, 6) is -0.699. The highest BCUT2D eigenvalue weighted by Gasteiger charge is 2.27. The van der Waals surface area contributed by atoms with E-state index in [0.717, 1.165) is 45.2 Å². The largest absolute Gasteiger partial charge is 0.480 e. The average molecular weight is 210 g/mol. The zero-order chi connectivity index (χ0) is 11.1. The van der Waals surface area contributed by atoms with Crippen molar-refractivity contribution < 1.29 is 9.90 Å². The molecule has 1 saturated heterocycles. The van der Waals surface area contributed by atoms with E-state index in [9.17, 15) is 4.79 Å². The predicted molar refractivity (Wildman–Crippen MR) is 56.3 cm³/mol. The van der Waals surface area contributed by atoms with Crippen molar-refractivity contribution in [3.63, 3.8) is 0 Å². The van der Waals surface area contributed by atoms with Crippen LogP contribution < -0.4 is 0 Å². The molecule has 1 aliphatic rings. The van der Waals surface area contributed by atoms with Crippen LogP contribution in [0, 0.1) is 11.3 Å². The van der Waals surface area contributed by atoms with Crippen molar-refractivity contribution in [2.45, 2.75) is 44.6 Å². The minimum absolute atomic E-state index is 0.291. The van der Waals surface area contributed by atoms with Gasteiger partial charge in [0.25, 0.3) is 0 Å². The third-order valence-electron chi connectivity index (χ3n) is 2.88. The molecular weight excluding hydrogens is 192 g/mol. The van der Waals surface area contributed by atoms with Crippen LogP contribution in [0.3, 0.4) is 0 Å². The van der Waals surface area contributed by atoms with Gasteiger partial charge < -0.3 is 5.11 Å². The van der Waals surface area contributed by atoms with Gasteiger partial charge in [0.05, 0.1) is 6.07 Å². The first-order valence-corrected chi connectivity index (χ1v) is 5.59. The molecule has 0 bridgehead atoms. The molecule has 4 nitrogen and oxygen atoms in total. The second-order valence-electron chi connectivity index (χ2n) is 4.00. The highest BCUT2D eigenvalue weighted by atomic mass is 16.4. The summed E-state index contributed by atoms with van der Waals surface area (Å²) in [5.41, 5.74) is 0. The molecule has 84 valence electrons. The van der Waals surface area contributed by atoms with Gasteiger partial charge in [-0.15, -0.1) is 0 Å². The molecule has 1 atom stereocenters. The van der Waals surface area contributed by atoms with Crippen molar-refractivity contribution in [1.82, 2.24) is 4.90 Å². The van der Waals surface area contributed by atoms with E-state index in [1.54, 1.807) is 0 Å². The fraction of sp³-hybridized carbons (Fsp3) is 0.818. The molecule has 0 radical (unpaired) electrons. The Morgan fingerprint density at radius 1 is 1.47 bits per heavy atom. The van der Waals surface area contributed by atoms with Crippen LogP contribution in [0.5, 0.6) is 0 Å². The molecule has 0 aromatic rings. The van der Waals surface area contributed by atoms with E-state index in [1.807, 2.05) is 4.90 Å². The fourth-order valence-electron chi connectivity index (χ4n) is 2.06. The number of rotatable bonds is 5. The van der Waals surface area contributed by atoms with Gasteiger partial charge in [0.1, 0.15) is 6.04 Å². The number of carboxylic acid groups (broad SMARTS) is 1. The van der Waals surface area contributed by atoms with Gasteiger partial charge in [-0.05, 0) is 38.8 Å². The standard InChI is InChI=1S/C11H18N2O2/c12-7-3-1-4-8-13-9-5-2-6-10(13)11(14)15/h10H,1-6,8-9H2,(H,14,15). The number of hydrogen-bond donors (Lipinski definition) is 1. The van der Waals surface area contributed by atoms with Crippen LogP contribution in [0.25, 0.3) is 0 Å². The molecule has 0 aromatic carbocycles. The van der Waals surface area contributed by atoms with E-state index in [4.69, 9.17) is 10.4 Å². The summed E-state index contributed by atoms with van der Waals surface area (Å²) in [6.07, 6.45) is 5.27. The molecule has 1 aliphatic heterocycles. The number of aliphatic carboxylic acids is 1. The Labute approximate surface area is 90.5 Å². The maximum absolute atomic E-state index is 11.0. The molecule has 0 amide bonds. The Morgan fingerprint density at radius 2 is 2.27 bits per heavy atom. The highest BCUT2D eigenvalue weighted by molar-refractivity contribution is 5.73. The maximum atomic E-state index is 11.0. The number of piperidine rings is 1. The number of unbranched alkanes of at least 4 members (excludes halogenated alkanes) is 2. The zero-order valence-corrected chi connectivity index (χ0v) is 8.98. The summed E-state index contributed by atoms with van der Waals surface area (Å²) in [6, 6.07) is 1.81. The monoisotopic (exact) mass is 210 g/mol. The molecule has 1 heterocycles. The van der Waals surface area contributed by atoms with Gasteiger partial charge >= 0.3 is 5.97 Å². The molecule has 1 unspecified atom stereocenters. The average Bonchev–Trinajstić information content (AvgIpc) is 2.25. The van der Waals surface area contributed by atoms with E-state index < -0.39 is 5.97 Å². The summed E-state index contributed by atoms with van der Waals surface area (Å²) in [5, 5.41) is 17.4. The minimum atomic E-state index is -0.699. The van der Waals surface area contributed by atoms with E-state index in [0.29, 0.717) is 6.42 Å². The zero-order valence-electron chi connectivity index (χ0n) is 8.98. The SMILES string of the molecule is N#CCCCCN1CCCCC1C(=O)O. The van der Waals surface area contributed by atoms with Gasteiger partial charge in [0.15, 0.2) is 0 Å². The van der Waals surface area contributed by atoms with Crippen LogP contribution in [-0.4, -0.2) is 35.1 Å². The third-order valence-corrected chi connectivity index (χ3v) is 2.88. The Kier molecular flexibility index (Phi) is 5.13. The summed E-state index contributed by atoms with van der Waals surface area (Å²) >= 11 is 0. The van der Waals surface area contributed by atoms with Gasteiger partial charge in [-0.2, -0.15) is 5.26 Å². The summed E-state index contributed by atoms with van der Waals surface area (Å²) in [7, 11) is 0. The maximum Gasteiger partial charge on any atom is 0.320 e. The second-order valence-corrected chi connectivity index (χ2v) is 4.00. The number of carboxylic acids is 1. The van der Waals surface area contributed by atoms with Crippen molar-refractivity contribution >= 4 is 5.97 Å². The van der Waals surface area contributed by atoms with Crippen LogP contribution in [0.2, 0.25) is 0 Å². The predicted octanol–water partition coefficient (Wildman–Crippen LogP) is 1.62. The lowest BCUT2D eigenvalue weighted by Crippen LogP contribution is -2.44. The first-order chi connectivity index (χ1) is 7.25. The molecule has 0 aromatic heterocycles. The van der Waals surface area contributed by atoms with E-state index in [1.165, 1.54) is 0 Å². The van der Waals surface area contributed by atoms with Crippen molar-refractivity contribution in [3.05, 3.63) is 0 Å². The molecule has 0 saturated carbocycles. The quantitative estimate of drug-likeness (QED) is 0.700. The molecule has 1 fully saturated rings. The Morgan fingerprint density at radius 3 is 2.93 bits per heavy atom. The van der Waals surface area contributed by atoms with Crippen molar-refractivity contribution in [2.75, 3.05) is 13.1 Å². The lowest BCUT2D eigenvalue weighted by molar-refractivity contribution is -0.144. The Balaban J connectivity index is 2.30. The minimum Gasteiger partial charge on any atom is -0.480 e. The molecule has 0 spiro atoms. The highest BCUT2D eigenvalue weighted by Crippen LogP contribution is 2.17. The normalized spacial score (nSPS) is 22.2. The van der Waals surface area contributed by atoms with Crippen molar-refractivity contribution in [2.24, 2.45) is 0 Å². The number of likely N-dealkylation sites (tertiary alicyclic amines) is 1. The van der Waals surface area contributed by atoms with E-state index in [-0.39, 0.29) is 6.04 Å². The van der Waals surface area contributed by atoms with Gasteiger partial charge in [0.2, 0.25) is 0 Å². The molecule has 0 aliphatic carbocycles. The third kappa shape index (κ3) is 3.88. The topological polar surface area (TPSA) is 64.3 Å². The first kappa shape index (κ1) is 12.0. The van der Waals surface area contributed by atoms with Crippen LogP contribution in [-0.2, 0) is 4.79 Å². The molecule has 4 heteroatoms. The molecular formula is C11H18N2O2. The van der Waals surface area contributed by atoms with E-state index >= 15 is 0 Å². The number of carbonyl (C=O) groups is 1. The first-order valence-electron chi connectivity index (χ1n) is 5.59. The summed E-state index contributed by atoms with van der Waals surface area (Å²) < 4.78 is 0. The molecule has 1 N–H and O–H groups in total. The summed E-state index contributed by atoms with van der Waals surface area (Å²) in [6.45, 7) is 1.71. The summed E-state index contributed by atoms with van der Waals surface area (Å²) in [4.78, 5) is 13.0. The number of nitriles is 1. The second kappa shape index (κ2) is 6.41. The van der Waals surface area contributed by atoms with Crippen LogP contribution in [0.4, 0.5) is 0 Å². The number of nitrogens with zero attached hydrogens (tertiary/aromatic N) is 2. The smallest absolute Gasteiger partial charge is 0.320 e. The molecule has 15 heavy (non-hydrogen) atoms. The lowest BCUT2D eigenvalue weighted by Gasteiger charge is -2.32.